The molecule has 6 aromatic carbocycles. The molecule has 3 saturated heterocycles. The quantitative estimate of drug-likeness (QED) is 0.0318. The maximum atomic E-state index is 12.2. The number of halogens is 1. The number of carbonyl (C=O) groups is 9. The number of carbonyl (C=O) groups excluding carboxylic acids is 7. The van der Waals surface area contributed by atoms with Crippen molar-refractivity contribution in [2.75, 3.05) is 115 Å². The van der Waals surface area contributed by atoms with Crippen LogP contribution in [0, 0.1) is 3.57 Å². The van der Waals surface area contributed by atoms with E-state index in [4.69, 9.17) is 48.6 Å². The van der Waals surface area contributed by atoms with Crippen LogP contribution < -0.4 is 24.6 Å². The first kappa shape index (κ1) is 107. The van der Waals surface area contributed by atoms with E-state index in [9.17, 15) is 33.6 Å². The van der Waals surface area contributed by atoms with E-state index in [2.05, 4.69) is 138 Å². The SMILES string of the molecule is CC(=O)O.CC(=O)O.CC(=O)Oc1c[nH]c2ccccc12.CC(=O)Oc1cn(C(C)=O)c2ccccc12.CC(=O)n1cc(N2CCN(C(=O)OC(C)(C)C)CC2)c2ccccc21.CC(C)(C)OC(=O)N1CCN(c2c[nH]c3ccccc23)CC1.CC(C)(C)OC(=O)N1CCNCC1.CCN(CC)CC.CO.Ic1c[nH]c2ccccc12.[Ag].c1ccc2[nH]ccc2c1. The van der Waals surface area contributed by atoms with Crippen molar-refractivity contribution in [1.29, 1.82) is 0 Å². The molecule has 0 spiro atoms. The van der Waals surface area contributed by atoms with E-state index in [1.54, 1.807) is 32.4 Å². The summed E-state index contributed by atoms with van der Waals surface area (Å²) in [7, 11) is 1.00. The molecule has 687 valence electrons. The zero-order chi connectivity index (χ0) is 92.7. The number of hydrogen-bond acceptors (Lipinski definition) is 19. The molecule has 3 fully saturated rings. The number of aromatic nitrogens is 6. The first-order chi connectivity index (χ1) is 59.2. The Morgan fingerprint density at radius 1 is 0.397 bits per heavy atom. The monoisotopic (exact) mass is 1940 g/mol. The van der Waals surface area contributed by atoms with E-state index in [1.165, 1.54) is 87.6 Å². The van der Waals surface area contributed by atoms with Crippen molar-refractivity contribution in [1.82, 2.24) is 54.0 Å². The van der Waals surface area contributed by atoms with Crippen molar-refractivity contribution >= 4 is 153 Å². The molecule has 0 bridgehead atoms. The number of nitrogens with one attached hydrogen (secondary N) is 5. The number of piperazine rings is 3. The van der Waals surface area contributed by atoms with Gasteiger partial charge in [0.15, 0.2) is 11.5 Å². The Balaban J connectivity index is 0.000000304. The van der Waals surface area contributed by atoms with E-state index in [0.29, 0.717) is 50.8 Å². The van der Waals surface area contributed by atoms with Crippen LogP contribution in [0.15, 0.2) is 189 Å². The van der Waals surface area contributed by atoms with E-state index in [0.717, 1.165) is 104 Å². The van der Waals surface area contributed by atoms with Crippen LogP contribution >= 0.6 is 22.6 Å². The molecule has 8 N–H and O–H groups in total. The third-order valence-electron chi connectivity index (χ3n) is 18.3. The zero-order valence-electron chi connectivity index (χ0n) is 75.8. The smallest absolute Gasteiger partial charge is 0.410 e. The number of carboxylic acids is 2. The Morgan fingerprint density at radius 3 is 1.17 bits per heavy atom. The Kier molecular flexibility index (Phi) is 45.1. The summed E-state index contributed by atoms with van der Waals surface area (Å²) in [6.45, 7) is 43.9. The maximum absolute atomic E-state index is 12.2. The molecule has 6 aromatic heterocycles. The minimum absolute atomic E-state index is 0. The summed E-state index contributed by atoms with van der Waals surface area (Å²) in [5.41, 5.74) is 7.13. The van der Waals surface area contributed by atoms with Gasteiger partial charge in [0, 0.05) is 233 Å². The summed E-state index contributed by atoms with van der Waals surface area (Å²) in [4.78, 5) is 124. The van der Waals surface area contributed by atoms with Crippen LogP contribution in [0.5, 0.6) is 11.5 Å². The van der Waals surface area contributed by atoms with Gasteiger partial charge >= 0.3 is 30.2 Å². The molecule has 0 aliphatic carbocycles. The molecule has 30 nitrogen and oxygen atoms in total. The normalized spacial score (nSPS) is 12.8. The summed E-state index contributed by atoms with van der Waals surface area (Å²) >= 11 is 2.32. The molecule has 9 heterocycles. The number of nitrogens with zero attached hydrogens (tertiary/aromatic N) is 8. The first-order valence-corrected chi connectivity index (χ1v) is 42.4. The van der Waals surface area contributed by atoms with Gasteiger partial charge in [0.05, 0.1) is 28.6 Å². The second-order valence-corrected chi connectivity index (χ2v) is 32.6. The predicted molar refractivity (Wildman–Crippen MR) is 504 cm³/mol. The third-order valence-corrected chi connectivity index (χ3v) is 19.2. The van der Waals surface area contributed by atoms with Crippen molar-refractivity contribution in [3.63, 3.8) is 0 Å². The van der Waals surface area contributed by atoms with Crippen molar-refractivity contribution in [2.24, 2.45) is 0 Å². The maximum Gasteiger partial charge on any atom is 0.410 e. The van der Waals surface area contributed by atoms with Gasteiger partial charge in [-0.05, 0) is 165 Å². The zero-order valence-corrected chi connectivity index (χ0v) is 79.5. The number of amides is 3. The molecule has 0 unspecified atom stereocenters. The molecule has 0 atom stereocenters. The van der Waals surface area contributed by atoms with Crippen LogP contribution in [0.3, 0.4) is 0 Å². The van der Waals surface area contributed by atoms with Gasteiger partial charge in [0.2, 0.25) is 11.8 Å². The van der Waals surface area contributed by atoms with Crippen molar-refractivity contribution in [3.8, 4) is 11.5 Å². The molecule has 3 amide bonds. The van der Waals surface area contributed by atoms with Crippen LogP contribution in [0.4, 0.5) is 25.8 Å². The number of aliphatic carboxylic acids is 2. The molecule has 0 saturated carbocycles. The number of hydrogen-bond donors (Lipinski definition) is 8. The number of anilines is 2. The minimum Gasteiger partial charge on any atom is -0.481 e. The van der Waals surface area contributed by atoms with Gasteiger partial charge in [-0.2, -0.15) is 0 Å². The molecule has 12 aromatic rings. The number of fused-ring (bicyclic) bond motifs is 6. The molecule has 3 aliphatic rings. The molecule has 15 rings (SSSR count). The number of esters is 2. The van der Waals surface area contributed by atoms with Crippen LogP contribution in [-0.4, -0.2) is 240 Å². The number of para-hydroxylation sites is 6. The average Bonchev–Trinajstić information content (AvgIpc) is 1.63. The first-order valence-electron chi connectivity index (χ1n) is 41.4. The number of ether oxygens (including phenoxy) is 5. The van der Waals surface area contributed by atoms with E-state index >= 15 is 0 Å². The van der Waals surface area contributed by atoms with Crippen LogP contribution in [0.2, 0.25) is 0 Å². The van der Waals surface area contributed by atoms with Crippen molar-refractivity contribution in [3.05, 3.63) is 192 Å². The van der Waals surface area contributed by atoms with Crippen LogP contribution in [0.25, 0.3) is 65.4 Å². The fourth-order valence-electron chi connectivity index (χ4n) is 12.7. The Morgan fingerprint density at radius 2 is 0.746 bits per heavy atom. The number of aliphatic hydroxyl groups excluding tert-OH is 1. The molecular weight excluding hydrogens is 1820 g/mol. The number of aliphatic hydroxyl groups is 1. The van der Waals surface area contributed by atoms with Crippen LogP contribution in [0.1, 0.15) is 134 Å². The van der Waals surface area contributed by atoms with Crippen molar-refractivity contribution < 1.29 is 105 Å². The number of aromatic amines is 4. The Bertz CT molecular complexity index is 5340. The van der Waals surface area contributed by atoms with Crippen molar-refractivity contribution in [2.45, 2.75) is 141 Å². The van der Waals surface area contributed by atoms with Gasteiger partial charge in [-0.15, -0.1) is 0 Å². The third kappa shape index (κ3) is 36.2. The fourth-order valence-corrected chi connectivity index (χ4v) is 13.3. The number of carboxylic acid groups (broad SMARTS) is 2. The van der Waals surface area contributed by atoms with Crippen LogP contribution in [-0.2, 0) is 55.8 Å². The summed E-state index contributed by atoms with van der Waals surface area (Å²) in [6.07, 6.45) is 10.5. The fraction of sp³-hybridized carbons (Fsp3) is 0.394. The summed E-state index contributed by atoms with van der Waals surface area (Å²) in [6, 6.07) is 49.7. The molecular formula is C94H126AgIN13O17. The largest absolute Gasteiger partial charge is 0.481 e. The average molecular weight is 1940 g/mol. The summed E-state index contributed by atoms with van der Waals surface area (Å²) < 4.78 is 30.6. The standard InChI is InChI=1S/C19H25N3O3.C17H23N3O2.C12H11NO3.C10H9NO2.C9H18N2O2.C8H6IN.C8H7N.C6H15N.2C2H4O2.CH4O.Ag/c1-14(23)22-13-17(15-7-5-6-8-16(15)22)20-9-11-21(12-10-20)18(24)25-19(2,3)4;1-17(2,3)22-16(21)20-10-8-19(9-11-20)15-12-18-14-7-5-4-6-13(14)15;1-8(14)13-7-12(16-9(2)15)10-5-3-4-6-11(10)13;1-7(12)13-10-6-11-9-5-3-2-4-8(9)10;1-9(2,3)13-8(12)11-6-4-10-5-7-11;9-7-5-10-8-4-2-1-3-6(7)8;1-2-4-8-7(3-1)5-6-9-8;1-4-7(5-2)6-3;2*1-2(3)4;1-2;/h5-8,13H,9-12H2,1-4H3;4-7,12,18H,8-11H2,1-3H3;3-7H,1-2H3;2-6,11H,1H3;10H,4-7H2,1-3H3;1-5,10H;1-6,9H;4-6H2,1-3H3;2*1H3,(H,3,4);2H,1H3;. The van der Waals surface area contributed by atoms with Gasteiger partial charge < -0.3 is 93.7 Å². The van der Waals surface area contributed by atoms with E-state index in [1.807, 2.05) is 184 Å². The molecule has 3 aliphatic heterocycles. The summed E-state index contributed by atoms with van der Waals surface area (Å²) in [5.74, 6) is -1.48. The second-order valence-electron chi connectivity index (χ2n) is 31.5. The molecule has 1 radical (unpaired) electrons. The van der Waals surface area contributed by atoms with Gasteiger partial charge in [-0.25, -0.2) is 14.4 Å². The van der Waals surface area contributed by atoms with Gasteiger partial charge in [0.1, 0.15) is 16.8 Å². The number of H-pyrrole nitrogens is 4. The Labute approximate surface area is 767 Å². The summed E-state index contributed by atoms with van der Waals surface area (Å²) in [5, 5.41) is 31.6. The predicted octanol–water partition coefficient (Wildman–Crippen LogP) is 17.8. The molecule has 32 heteroatoms. The molecule has 126 heavy (non-hydrogen) atoms. The topological polar surface area (TPSA) is 365 Å². The van der Waals surface area contributed by atoms with E-state index in [-0.39, 0.29) is 64.0 Å². The Hall–Kier alpha value is -11.5. The van der Waals surface area contributed by atoms with Gasteiger partial charge in [-0.3, -0.25) is 37.9 Å². The second kappa shape index (κ2) is 53.1. The number of rotatable bonds is 7. The van der Waals surface area contributed by atoms with Gasteiger partial charge in [0.25, 0.3) is 11.9 Å². The van der Waals surface area contributed by atoms with Gasteiger partial charge in [-0.1, -0.05) is 118 Å². The number of benzene rings is 6. The minimum atomic E-state index is -0.833. The van der Waals surface area contributed by atoms with E-state index < -0.39 is 29.1 Å².